The summed E-state index contributed by atoms with van der Waals surface area (Å²) in [6.07, 6.45) is 2.74. The molecule has 0 radical (unpaired) electrons. The molecule has 0 N–H and O–H groups in total. The molecule has 5 heteroatoms. The zero-order valence-corrected chi connectivity index (χ0v) is 20.9. The summed E-state index contributed by atoms with van der Waals surface area (Å²) in [5, 5.41) is -1.32. The fourth-order valence-electron chi connectivity index (χ4n) is 4.28. The van der Waals surface area contributed by atoms with Gasteiger partial charge in [0.25, 0.3) is 0 Å². The molecule has 0 amide bonds. The van der Waals surface area contributed by atoms with Gasteiger partial charge in [0.2, 0.25) is 0 Å². The van der Waals surface area contributed by atoms with E-state index < -0.39 is 11.1 Å². The van der Waals surface area contributed by atoms with Crippen molar-refractivity contribution < 1.29 is 18.9 Å². The Morgan fingerprint density at radius 2 is 1.67 bits per heavy atom. The summed E-state index contributed by atoms with van der Waals surface area (Å²) in [7, 11) is -0.346. The molecule has 2 atom stereocenters. The largest absolute Gasteiger partial charge is 0.464 e. The molecule has 0 aliphatic rings. The summed E-state index contributed by atoms with van der Waals surface area (Å²) in [5.41, 5.74) is 3.62. The predicted octanol–water partition coefficient (Wildman–Crippen LogP) is 7.02. The number of hydrogen-bond donors (Lipinski definition) is 0. The number of hydrogen-bond acceptors (Lipinski definition) is 4. The minimum Gasteiger partial charge on any atom is -0.464 e. The van der Waals surface area contributed by atoms with E-state index in [9.17, 15) is 14.2 Å². The van der Waals surface area contributed by atoms with E-state index in [1.54, 1.807) is 0 Å². The molecule has 0 bridgehead atoms. The minimum atomic E-state index is -1.32. The molecule has 0 saturated carbocycles. The SMILES string of the molecule is CCCCC(CC(=O)c1c(C)cc(C)cc1C)(P=O)C(=O)OCC(C)CC(C)(C)C. The van der Waals surface area contributed by atoms with Crippen LogP contribution in [0.5, 0.6) is 0 Å². The van der Waals surface area contributed by atoms with Crippen molar-refractivity contribution in [3.8, 4) is 0 Å². The van der Waals surface area contributed by atoms with Crippen molar-refractivity contribution in [2.45, 2.75) is 92.7 Å². The van der Waals surface area contributed by atoms with Gasteiger partial charge in [0, 0.05) is 12.0 Å². The Morgan fingerprint density at radius 1 is 1.10 bits per heavy atom. The first-order chi connectivity index (χ1) is 13.8. The van der Waals surface area contributed by atoms with Crippen LogP contribution in [-0.4, -0.2) is 23.5 Å². The van der Waals surface area contributed by atoms with Crippen LogP contribution in [0.25, 0.3) is 0 Å². The average molecular weight is 435 g/mol. The first-order valence-corrected chi connectivity index (χ1v) is 11.8. The molecule has 0 heterocycles. The first kappa shape index (κ1) is 26.5. The van der Waals surface area contributed by atoms with Gasteiger partial charge in [0.05, 0.1) is 6.61 Å². The summed E-state index contributed by atoms with van der Waals surface area (Å²) in [6.45, 7) is 16.6. The van der Waals surface area contributed by atoms with E-state index in [-0.39, 0.29) is 38.6 Å². The molecule has 4 nitrogen and oxygen atoms in total. The molecule has 1 aromatic rings. The highest BCUT2D eigenvalue weighted by atomic mass is 31.1. The zero-order valence-electron chi connectivity index (χ0n) is 20.1. The van der Waals surface area contributed by atoms with E-state index in [0.29, 0.717) is 18.4 Å². The Morgan fingerprint density at radius 3 is 2.13 bits per heavy atom. The topological polar surface area (TPSA) is 60.4 Å². The fourth-order valence-corrected chi connectivity index (χ4v) is 4.87. The molecule has 1 aromatic carbocycles. The molecular formula is C25H39O4P. The summed E-state index contributed by atoms with van der Waals surface area (Å²) >= 11 is 0. The van der Waals surface area contributed by atoms with Gasteiger partial charge in [0.15, 0.2) is 19.4 Å². The lowest BCUT2D eigenvalue weighted by Gasteiger charge is -2.27. The number of ether oxygens (including phenoxy) is 1. The first-order valence-electron chi connectivity index (χ1n) is 11.0. The third kappa shape index (κ3) is 7.61. The van der Waals surface area contributed by atoms with E-state index in [1.165, 1.54) is 0 Å². The average Bonchev–Trinajstić information content (AvgIpc) is 2.60. The van der Waals surface area contributed by atoms with Gasteiger partial charge in [-0.05, 0) is 56.1 Å². The van der Waals surface area contributed by atoms with Crippen LogP contribution in [-0.2, 0) is 14.1 Å². The standard InChI is InChI=1S/C25H39O4P/c1-9-10-11-25(30-28,23(27)29-16-18(3)14-24(6,7)8)15-21(26)22-19(4)12-17(2)13-20(22)5/h12-13,18H,9-11,14-16H2,1-8H3. The molecule has 0 fully saturated rings. The number of aryl methyl sites for hydroxylation is 3. The fraction of sp³-hybridized carbons (Fsp3) is 0.680. The highest BCUT2D eigenvalue weighted by Crippen LogP contribution is 2.37. The van der Waals surface area contributed by atoms with Gasteiger partial charge >= 0.3 is 5.97 Å². The smallest absolute Gasteiger partial charge is 0.324 e. The van der Waals surface area contributed by atoms with Crippen LogP contribution < -0.4 is 0 Å². The van der Waals surface area contributed by atoms with E-state index in [1.807, 2.05) is 46.8 Å². The molecule has 1 rings (SSSR count). The van der Waals surface area contributed by atoms with E-state index >= 15 is 0 Å². The number of benzene rings is 1. The maximum atomic E-state index is 13.2. The number of unbranched alkanes of at least 4 members (excludes halogenated alkanes) is 1. The van der Waals surface area contributed by atoms with Crippen LogP contribution >= 0.6 is 8.46 Å². The molecule has 0 saturated heterocycles. The molecule has 2 unspecified atom stereocenters. The highest BCUT2D eigenvalue weighted by Gasteiger charge is 2.43. The summed E-state index contributed by atoms with van der Waals surface area (Å²) < 4.78 is 17.9. The maximum Gasteiger partial charge on any atom is 0.324 e. The summed E-state index contributed by atoms with van der Waals surface area (Å²) in [5.74, 6) is -0.480. The van der Waals surface area contributed by atoms with Crippen molar-refractivity contribution >= 4 is 20.2 Å². The molecule has 168 valence electrons. The van der Waals surface area contributed by atoms with E-state index in [2.05, 4.69) is 20.8 Å². The van der Waals surface area contributed by atoms with Gasteiger partial charge in [0.1, 0.15) is 0 Å². The summed E-state index contributed by atoms with van der Waals surface area (Å²) in [6, 6.07) is 3.94. The van der Waals surface area contributed by atoms with Gasteiger partial charge in [-0.25, -0.2) is 0 Å². The number of esters is 1. The van der Waals surface area contributed by atoms with Crippen LogP contribution in [0.4, 0.5) is 0 Å². The lowest BCUT2D eigenvalue weighted by atomic mass is 9.86. The second-order valence-electron chi connectivity index (χ2n) is 10.1. The number of carbonyl (C=O) groups excluding carboxylic acids is 2. The van der Waals surface area contributed by atoms with Crippen LogP contribution in [0.1, 0.15) is 93.8 Å². The summed E-state index contributed by atoms with van der Waals surface area (Å²) in [4.78, 5) is 26.3. The molecule has 30 heavy (non-hydrogen) atoms. The van der Waals surface area contributed by atoms with Crippen molar-refractivity contribution in [3.63, 3.8) is 0 Å². The van der Waals surface area contributed by atoms with Crippen LogP contribution in [0, 0.1) is 32.1 Å². The number of rotatable bonds is 11. The van der Waals surface area contributed by atoms with Crippen LogP contribution in [0.3, 0.4) is 0 Å². The van der Waals surface area contributed by atoms with Gasteiger partial charge in [-0.1, -0.05) is 65.2 Å². The Bertz CT molecular complexity index is 740. The second kappa shape index (κ2) is 11.2. The third-order valence-corrected chi connectivity index (χ3v) is 6.28. The van der Waals surface area contributed by atoms with Crippen molar-refractivity contribution in [2.75, 3.05) is 6.61 Å². The highest BCUT2D eigenvalue weighted by molar-refractivity contribution is 7.28. The zero-order chi connectivity index (χ0) is 23.1. The van der Waals surface area contributed by atoms with E-state index in [0.717, 1.165) is 29.5 Å². The molecular weight excluding hydrogens is 395 g/mol. The maximum absolute atomic E-state index is 13.2. The van der Waals surface area contributed by atoms with Crippen LogP contribution in [0.15, 0.2) is 12.1 Å². The number of Topliss-reactive ketones (excluding diaryl/α,β-unsaturated/α-hetero) is 1. The Hall–Kier alpha value is -1.54. The van der Waals surface area contributed by atoms with Crippen molar-refractivity contribution in [3.05, 3.63) is 34.4 Å². The predicted molar refractivity (Wildman–Crippen MR) is 124 cm³/mol. The molecule has 0 aliphatic carbocycles. The quantitative estimate of drug-likeness (QED) is 0.213. The number of carbonyl (C=O) groups is 2. The van der Waals surface area contributed by atoms with Gasteiger partial charge in [-0.15, -0.1) is 0 Å². The molecule has 0 spiro atoms. The van der Waals surface area contributed by atoms with Gasteiger partial charge in [-0.2, -0.15) is 0 Å². The lowest BCUT2D eigenvalue weighted by molar-refractivity contribution is -0.148. The van der Waals surface area contributed by atoms with Gasteiger partial charge in [-0.3, -0.25) is 14.2 Å². The van der Waals surface area contributed by atoms with Crippen molar-refractivity contribution in [2.24, 2.45) is 11.3 Å². The van der Waals surface area contributed by atoms with Crippen molar-refractivity contribution in [1.82, 2.24) is 0 Å². The van der Waals surface area contributed by atoms with Crippen molar-refractivity contribution in [1.29, 1.82) is 0 Å². The number of ketones is 1. The van der Waals surface area contributed by atoms with Crippen LogP contribution in [0.2, 0.25) is 0 Å². The van der Waals surface area contributed by atoms with Gasteiger partial charge < -0.3 is 4.74 Å². The minimum absolute atomic E-state index is 0.102. The second-order valence-corrected chi connectivity index (χ2v) is 11.1. The monoisotopic (exact) mass is 434 g/mol. The van der Waals surface area contributed by atoms with E-state index in [4.69, 9.17) is 4.74 Å². The third-order valence-electron chi connectivity index (χ3n) is 5.37. The molecule has 0 aliphatic heterocycles. The molecule has 0 aromatic heterocycles. The Balaban J connectivity index is 3.08. The lowest BCUT2D eigenvalue weighted by Crippen LogP contribution is -2.38. The Kier molecular flexibility index (Phi) is 9.88. The normalized spacial score (nSPS) is 14.9. The Labute approximate surface area is 184 Å².